The first-order chi connectivity index (χ1) is 14.6. The minimum atomic E-state index is -1.67. The number of amides is 1. The summed E-state index contributed by atoms with van der Waals surface area (Å²) < 4.78 is 16.0. The van der Waals surface area contributed by atoms with Crippen LogP contribution in [0, 0.1) is 0 Å². The lowest BCUT2D eigenvalue weighted by Crippen LogP contribution is -2.58. The molecule has 2 heterocycles. The number of hydrogen-bond acceptors (Lipinski definition) is 7. The van der Waals surface area contributed by atoms with Gasteiger partial charge in [0.15, 0.2) is 6.29 Å². The van der Waals surface area contributed by atoms with Gasteiger partial charge in [0.05, 0.1) is 0 Å². The summed E-state index contributed by atoms with van der Waals surface area (Å²) in [5, 5.41) is 5.87. The Kier molecular flexibility index (Phi) is 6.95. The molecule has 0 saturated heterocycles. The van der Waals surface area contributed by atoms with Gasteiger partial charge in [0, 0.05) is 43.6 Å². The second-order valence-electron chi connectivity index (χ2n) is 6.46. The molecule has 156 valence electrons. The van der Waals surface area contributed by atoms with Crippen molar-refractivity contribution in [2.24, 2.45) is 0 Å². The van der Waals surface area contributed by atoms with Crippen LogP contribution >= 0.6 is 0 Å². The quantitative estimate of drug-likeness (QED) is 0.510. The highest BCUT2D eigenvalue weighted by molar-refractivity contribution is 5.75. The van der Waals surface area contributed by atoms with Crippen LogP contribution in [0.2, 0.25) is 0 Å². The normalized spacial score (nSPS) is 16.0. The van der Waals surface area contributed by atoms with Gasteiger partial charge in [-0.15, -0.1) is 0 Å². The molecule has 1 aromatic heterocycles. The Balaban J connectivity index is 1.82. The highest BCUT2D eigenvalue weighted by Crippen LogP contribution is 2.26. The van der Waals surface area contributed by atoms with Crippen molar-refractivity contribution < 1.29 is 23.8 Å². The zero-order chi connectivity index (χ0) is 21.4. The van der Waals surface area contributed by atoms with Gasteiger partial charge in [-0.3, -0.25) is 15.1 Å². The van der Waals surface area contributed by atoms with Gasteiger partial charge < -0.3 is 19.5 Å². The van der Waals surface area contributed by atoms with E-state index in [0.29, 0.717) is 17.7 Å². The van der Waals surface area contributed by atoms with Crippen molar-refractivity contribution in [2.75, 3.05) is 14.2 Å². The molecule has 0 fully saturated rings. The Morgan fingerprint density at radius 3 is 2.57 bits per heavy atom. The fraction of sp³-hybridized carbons (Fsp3) is 0.227. The standard InChI is InChI=1S/C22H23N3O5/c1-28-22(15-26,29-2)20-19(11-10-18(24-20)17-9-6-12-23-13-17)25-21(27)30-14-16-7-4-3-5-8-16/h3-13,15,20,24H,14H2,1-2H3,(H,25,27). The van der Waals surface area contributed by atoms with Crippen LogP contribution in [-0.2, 0) is 25.6 Å². The second kappa shape index (κ2) is 9.82. The number of benzene rings is 1. The fourth-order valence-corrected chi connectivity index (χ4v) is 3.04. The van der Waals surface area contributed by atoms with E-state index in [1.807, 2.05) is 36.4 Å². The van der Waals surface area contributed by atoms with Gasteiger partial charge in [-0.05, 0) is 29.8 Å². The van der Waals surface area contributed by atoms with E-state index in [-0.39, 0.29) is 6.61 Å². The molecule has 1 aliphatic rings. The van der Waals surface area contributed by atoms with Crippen LogP contribution in [0.5, 0.6) is 0 Å². The maximum absolute atomic E-state index is 12.4. The summed E-state index contributed by atoms with van der Waals surface area (Å²) in [6, 6.07) is 12.1. The number of carbonyl (C=O) groups is 2. The lowest BCUT2D eigenvalue weighted by atomic mass is 9.98. The lowest BCUT2D eigenvalue weighted by Gasteiger charge is -2.38. The van der Waals surface area contributed by atoms with Gasteiger partial charge >= 0.3 is 6.09 Å². The highest BCUT2D eigenvalue weighted by Gasteiger charge is 2.44. The summed E-state index contributed by atoms with van der Waals surface area (Å²) >= 11 is 0. The first-order valence-corrected chi connectivity index (χ1v) is 9.25. The van der Waals surface area contributed by atoms with E-state index >= 15 is 0 Å². The SMILES string of the molecule is COC(C=O)(OC)C1NC(c2cccnc2)=CC=C1NC(=O)OCc1ccccc1. The van der Waals surface area contributed by atoms with E-state index in [0.717, 1.165) is 11.1 Å². The molecule has 0 spiro atoms. The Labute approximate surface area is 174 Å². The maximum atomic E-state index is 12.4. The number of methoxy groups -OCH3 is 2. The number of nitrogens with one attached hydrogen (secondary N) is 2. The molecule has 0 saturated carbocycles. The van der Waals surface area contributed by atoms with Crippen LogP contribution in [0.1, 0.15) is 11.1 Å². The molecule has 8 nitrogen and oxygen atoms in total. The van der Waals surface area contributed by atoms with Crippen LogP contribution < -0.4 is 10.6 Å². The predicted octanol–water partition coefficient (Wildman–Crippen LogP) is 2.39. The number of allylic oxidation sites excluding steroid dienone is 2. The van der Waals surface area contributed by atoms with Crippen LogP contribution in [-0.4, -0.2) is 43.4 Å². The average Bonchev–Trinajstić information content (AvgIpc) is 2.81. The molecular weight excluding hydrogens is 386 g/mol. The van der Waals surface area contributed by atoms with Crippen molar-refractivity contribution in [3.8, 4) is 0 Å². The van der Waals surface area contributed by atoms with Crippen molar-refractivity contribution in [2.45, 2.75) is 18.4 Å². The Bertz CT molecular complexity index is 924. The van der Waals surface area contributed by atoms with Gasteiger partial charge in [-0.2, -0.15) is 0 Å². The molecule has 2 N–H and O–H groups in total. The third-order valence-corrected chi connectivity index (χ3v) is 4.68. The first-order valence-electron chi connectivity index (χ1n) is 9.25. The largest absolute Gasteiger partial charge is 0.444 e. The van der Waals surface area contributed by atoms with Crippen molar-refractivity contribution in [1.29, 1.82) is 0 Å². The van der Waals surface area contributed by atoms with Crippen molar-refractivity contribution in [3.05, 3.63) is 83.8 Å². The summed E-state index contributed by atoms with van der Waals surface area (Å²) in [6.45, 7) is 0.113. The third-order valence-electron chi connectivity index (χ3n) is 4.68. The van der Waals surface area contributed by atoms with E-state index in [1.54, 1.807) is 30.6 Å². The van der Waals surface area contributed by atoms with Gasteiger partial charge in [-0.25, -0.2) is 4.79 Å². The highest BCUT2D eigenvalue weighted by atomic mass is 16.7. The average molecular weight is 409 g/mol. The minimum Gasteiger partial charge on any atom is -0.444 e. The zero-order valence-electron chi connectivity index (χ0n) is 16.7. The predicted molar refractivity (Wildman–Crippen MR) is 110 cm³/mol. The number of dihydropyridines is 1. The molecule has 30 heavy (non-hydrogen) atoms. The van der Waals surface area contributed by atoms with E-state index in [1.165, 1.54) is 14.2 Å². The van der Waals surface area contributed by atoms with Gasteiger partial charge in [-0.1, -0.05) is 30.3 Å². The van der Waals surface area contributed by atoms with E-state index < -0.39 is 17.9 Å². The molecule has 1 amide bonds. The molecule has 2 aromatic rings. The summed E-state index contributed by atoms with van der Waals surface area (Å²) in [5.74, 6) is -1.67. The number of hydrogen-bond donors (Lipinski definition) is 2. The fourth-order valence-electron chi connectivity index (χ4n) is 3.04. The van der Waals surface area contributed by atoms with Gasteiger partial charge in [0.25, 0.3) is 5.79 Å². The summed E-state index contributed by atoms with van der Waals surface area (Å²) in [7, 11) is 2.71. The van der Waals surface area contributed by atoms with Crippen molar-refractivity contribution in [1.82, 2.24) is 15.6 Å². The number of nitrogens with zero attached hydrogens (tertiary/aromatic N) is 1. The first kappa shape index (κ1) is 21.2. The molecule has 0 bridgehead atoms. The topological polar surface area (TPSA) is 98.8 Å². The summed E-state index contributed by atoms with van der Waals surface area (Å²) in [6.07, 6.45) is 6.66. The van der Waals surface area contributed by atoms with Gasteiger partial charge in [0.2, 0.25) is 0 Å². The maximum Gasteiger partial charge on any atom is 0.411 e. The Morgan fingerprint density at radius 2 is 1.93 bits per heavy atom. The third kappa shape index (κ3) is 4.73. The lowest BCUT2D eigenvalue weighted by molar-refractivity contribution is -0.203. The summed E-state index contributed by atoms with van der Waals surface area (Å²) in [4.78, 5) is 28.4. The molecule has 1 aliphatic heterocycles. The number of alkyl carbamates (subject to hydrolysis) is 1. The molecule has 0 radical (unpaired) electrons. The molecule has 8 heteroatoms. The van der Waals surface area contributed by atoms with Gasteiger partial charge in [0.1, 0.15) is 12.6 Å². The Morgan fingerprint density at radius 1 is 1.17 bits per heavy atom. The summed E-state index contributed by atoms with van der Waals surface area (Å²) in [5.41, 5.74) is 2.71. The monoisotopic (exact) mass is 409 g/mol. The Hall–Kier alpha value is -3.49. The number of aromatic nitrogens is 1. The van der Waals surface area contributed by atoms with Crippen molar-refractivity contribution in [3.63, 3.8) is 0 Å². The van der Waals surface area contributed by atoms with E-state index in [9.17, 15) is 9.59 Å². The number of aldehydes is 1. The molecule has 3 rings (SSSR count). The smallest absolute Gasteiger partial charge is 0.411 e. The molecule has 0 aliphatic carbocycles. The minimum absolute atomic E-state index is 0.113. The van der Waals surface area contributed by atoms with E-state index in [2.05, 4.69) is 15.6 Å². The number of ether oxygens (including phenoxy) is 3. The molecule has 1 unspecified atom stereocenters. The second-order valence-corrected chi connectivity index (χ2v) is 6.46. The van der Waals surface area contributed by atoms with Crippen molar-refractivity contribution >= 4 is 18.1 Å². The molecule has 1 atom stereocenters. The number of carbonyl (C=O) groups excluding carboxylic acids is 2. The molecular formula is C22H23N3O5. The van der Waals surface area contributed by atoms with E-state index in [4.69, 9.17) is 14.2 Å². The van der Waals surface area contributed by atoms with Crippen LogP contribution in [0.4, 0.5) is 4.79 Å². The van der Waals surface area contributed by atoms with Crippen LogP contribution in [0.15, 0.2) is 72.7 Å². The number of rotatable bonds is 8. The number of pyridine rings is 1. The van der Waals surface area contributed by atoms with Crippen LogP contribution in [0.25, 0.3) is 5.70 Å². The molecule has 1 aromatic carbocycles. The van der Waals surface area contributed by atoms with Crippen LogP contribution in [0.3, 0.4) is 0 Å². The zero-order valence-corrected chi connectivity index (χ0v) is 16.7.